The van der Waals surface area contributed by atoms with Crippen LogP contribution in [0.5, 0.6) is 0 Å². The SMILES string of the molecule is O=C(CCN1C(=O)CNC1=O)Nc1ccc(NC(=O)c2ccc(F)cc2Cl)cc1. The lowest BCUT2D eigenvalue weighted by Crippen LogP contribution is -2.33. The van der Waals surface area contributed by atoms with Gasteiger partial charge in [-0.25, -0.2) is 9.18 Å². The van der Waals surface area contributed by atoms with Gasteiger partial charge in [-0.15, -0.1) is 0 Å². The first-order valence-electron chi connectivity index (χ1n) is 8.58. The van der Waals surface area contributed by atoms with Crippen LogP contribution in [0, 0.1) is 5.82 Å². The molecule has 0 spiro atoms. The number of anilines is 2. The van der Waals surface area contributed by atoms with Crippen LogP contribution in [-0.2, 0) is 9.59 Å². The minimum absolute atomic E-state index is 0.00320. The molecule has 0 atom stereocenters. The predicted molar refractivity (Wildman–Crippen MR) is 104 cm³/mol. The maximum absolute atomic E-state index is 13.1. The Bertz CT molecular complexity index is 965. The Kier molecular flexibility index (Phi) is 6.08. The lowest BCUT2D eigenvalue weighted by Gasteiger charge is -2.12. The Morgan fingerprint density at radius 2 is 1.72 bits per heavy atom. The molecular weight excluding hydrogens is 403 g/mol. The monoisotopic (exact) mass is 418 g/mol. The third-order valence-electron chi connectivity index (χ3n) is 4.10. The molecule has 2 aromatic carbocycles. The van der Waals surface area contributed by atoms with E-state index in [1.54, 1.807) is 24.3 Å². The molecule has 8 nitrogen and oxygen atoms in total. The maximum atomic E-state index is 13.1. The maximum Gasteiger partial charge on any atom is 0.324 e. The molecule has 29 heavy (non-hydrogen) atoms. The standard InChI is InChI=1S/C19H16ClFN4O4/c20-15-9-11(21)1-6-14(15)18(28)24-13-4-2-12(3-5-13)23-16(26)7-8-25-17(27)10-22-19(25)29/h1-6,9H,7-8,10H2,(H,22,29)(H,23,26)(H,24,28). The topological polar surface area (TPSA) is 108 Å². The number of carbonyl (C=O) groups excluding carboxylic acids is 4. The largest absolute Gasteiger partial charge is 0.329 e. The van der Waals surface area contributed by atoms with E-state index in [2.05, 4.69) is 16.0 Å². The van der Waals surface area contributed by atoms with Gasteiger partial charge in [0.15, 0.2) is 0 Å². The molecule has 1 aliphatic rings. The van der Waals surface area contributed by atoms with Gasteiger partial charge in [0.2, 0.25) is 11.8 Å². The van der Waals surface area contributed by atoms with Gasteiger partial charge in [0.05, 0.1) is 17.1 Å². The van der Waals surface area contributed by atoms with E-state index in [0.717, 1.165) is 17.0 Å². The summed E-state index contributed by atoms with van der Waals surface area (Å²) in [5, 5.41) is 7.64. The van der Waals surface area contributed by atoms with Crippen molar-refractivity contribution in [1.29, 1.82) is 0 Å². The van der Waals surface area contributed by atoms with Gasteiger partial charge in [-0.05, 0) is 42.5 Å². The summed E-state index contributed by atoms with van der Waals surface area (Å²) in [4.78, 5) is 48.1. The molecule has 1 aliphatic heterocycles. The first-order valence-corrected chi connectivity index (χ1v) is 8.96. The smallest absolute Gasteiger partial charge is 0.324 e. The normalized spacial score (nSPS) is 13.2. The lowest BCUT2D eigenvalue weighted by atomic mass is 10.2. The summed E-state index contributed by atoms with van der Waals surface area (Å²) < 4.78 is 13.1. The Morgan fingerprint density at radius 1 is 1.07 bits per heavy atom. The van der Waals surface area contributed by atoms with Crippen LogP contribution < -0.4 is 16.0 Å². The number of nitrogens with one attached hydrogen (secondary N) is 3. The van der Waals surface area contributed by atoms with Crippen LogP contribution >= 0.6 is 11.6 Å². The van der Waals surface area contributed by atoms with Gasteiger partial charge in [0.1, 0.15) is 5.82 Å². The third kappa shape index (κ3) is 5.08. The van der Waals surface area contributed by atoms with Crippen molar-refractivity contribution in [3.63, 3.8) is 0 Å². The number of hydrogen-bond donors (Lipinski definition) is 3. The molecule has 1 saturated heterocycles. The van der Waals surface area contributed by atoms with E-state index in [0.29, 0.717) is 11.4 Å². The zero-order valence-corrected chi connectivity index (χ0v) is 15.8. The average molecular weight is 419 g/mol. The number of halogens is 2. The van der Waals surface area contributed by atoms with Crippen molar-refractivity contribution in [1.82, 2.24) is 10.2 Å². The molecule has 0 unspecified atom stereocenters. The predicted octanol–water partition coefficient (Wildman–Crippen LogP) is 2.61. The number of hydrogen-bond acceptors (Lipinski definition) is 4. The van der Waals surface area contributed by atoms with Crippen LogP contribution in [0.3, 0.4) is 0 Å². The number of carbonyl (C=O) groups is 4. The Labute approximate surface area is 170 Å². The molecule has 0 radical (unpaired) electrons. The molecule has 5 amide bonds. The van der Waals surface area contributed by atoms with E-state index >= 15 is 0 Å². The van der Waals surface area contributed by atoms with Crippen LogP contribution in [0.1, 0.15) is 16.8 Å². The summed E-state index contributed by atoms with van der Waals surface area (Å²) in [6.07, 6.45) is -0.0410. The highest BCUT2D eigenvalue weighted by Gasteiger charge is 2.28. The number of nitrogens with zero attached hydrogens (tertiary/aromatic N) is 1. The van der Waals surface area contributed by atoms with Crippen LogP contribution in [0.15, 0.2) is 42.5 Å². The highest BCUT2D eigenvalue weighted by molar-refractivity contribution is 6.34. The van der Waals surface area contributed by atoms with E-state index in [4.69, 9.17) is 11.6 Å². The van der Waals surface area contributed by atoms with Gasteiger partial charge in [-0.3, -0.25) is 19.3 Å². The first kappa shape index (κ1) is 20.3. The minimum Gasteiger partial charge on any atom is -0.329 e. The summed E-state index contributed by atoms with van der Waals surface area (Å²) in [6, 6.07) is 9.26. The number of rotatable bonds is 6. The summed E-state index contributed by atoms with van der Waals surface area (Å²) in [7, 11) is 0. The quantitative estimate of drug-likeness (QED) is 0.626. The van der Waals surface area contributed by atoms with E-state index in [9.17, 15) is 23.6 Å². The van der Waals surface area contributed by atoms with Crippen LogP contribution in [0.4, 0.5) is 20.6 Å². The molecule has 0 bridgehead atoms. The fourth-order valence-electron chi connectivity index (χ4n) is 2.63. The molecule has 1 heterocycles. The highest BCUT2D eigenvalue weighted by atomic mass is 35.5. The molecule has 2 aromatic rings. The number of benzene rings is 2. The summed E-state index contributed by atoms with van der Waals surface area (Å²) in [5.41, 5.74) is 1.06. The molecule has 150 valence electrons. The molecule has 0 aliphatic carbocycles. The van der Waals surface area contributed by atoms with E-state index in [1.165, 1.54) is 6.07 Å². The van der Waals surface area contributed by atoms with Crippen molar-refractivity contribution in [2.75, 3.05) is 23.7 Å². The zero-order chi connectivity index (χ0) is 21.0. The van der Waals surface area contributed by atoms with Crippen molar-refractivity contribution in [2.45, 2.75) is 6.42 Å². The number of amides is 5. The minimum atomic E-state index is -0.540. The second kappa shape index (κ2) is 8.70. The fraction of sp³-hybridized carbons (Fsp3) is 0.158. The zero-order valence-electron chi connectivity index (χ0n) is 15.0. The van der Waals surface area contributed by atoms with Gasteiger partial charge < -0.3 is 16.0 Å². The number of urea groups is 1. The molecule has 3 N–H and O–H groups in total. The summed E-state index contributed by atoms with van der Waals surface area (Å²) >= 11 is 5.87. The van der Waals surface area contributed by atoms with Gasteiger partial charge in [-0.2, -0.15) is 0 Å². The van der Waals surface area contributed by atoms with Gasteiger partial charge in [0, 0.05) is 24.3 Å². The molecule has 0 saturated carbocycles. The molecule has 1 fully saturated rings. The summed E-state index contributed by atoms with van der Waals surface area (Å²) in [6.45, 7) is -0.0696. The van der Waals surface area contributed by atoms with Crippen molar-refractivity contribution < 1.29 is 23.6 Å². The van der Waals surface area contributed by atoms with Crippen LogP contribution in [-0.4, -0.2) is 41.7 Å². The van der Waals surface area contributed by atoms with E-state index in [-0.39, 0.29) is 41.9 Å². The van der Waals surface area contributed by atoms with E-state index < -0.39 is 17.8 Å². The van der Waals surface area contributed by atoms with Gasteiger partial charge in [0.25, 0.3) is 5.91 Å². The Morgan fingerprint density at radius 3 is 2.31 bits per heavy atom. The van der Waals surface area contributed by atoms with Crippen LogP contribution in [0.25, 0.3) is 0 Å². The third-order valence-corrected chi connectivity index (χ3v) is 4.41. The fourth-order valence-corrected chi connectivity index (χ4v) is 2.88. The second-order valence-corrected chi connectivity index (χ2v) is 6.57. The van der Waals surface area contributed by atoms with E-state index in [1.807, 2.05) is 0 Å². The number of imide groups is 1. The molecule has 0 aromatic heterocycles. The average Bonchev–Trinajstić information content (AvgIpc) is 2.99. The van der Waals surface area contributed by atoms with Crippen molar-refractivity contribution >= 4 is 46.7 Å². The highest BCUT2D eigenvalue weighted by Crippen LogP contribution is 2.20. The molecule has 10 heteroatoms. The molecule has 3 rings (SSSR count). The Hall–Kier alpha value is -3.46. The summed E-state index contributed by atoms with van der Waals surface area (Å²) in [5.74, 6) is -1.78. The van der Waals surface area contributed by atoms with Gasteiger partial charge in [-0.1, -0.05) is 11.6 Å². The van der Waals surface area contributed by atoms with Crippen molar-refractivity contribution in [2.24, 2.45) is 0 Å². The van der Waals surface area contributed by atoms with Crippen LogP contribution in [0.2, 0.25) is 5.02 Å². The van der Waals surface area contributed by atoms with Gasteiger partial charge >= 0.3 is 6.03 Å². The van der Waals surface area contributed by atoms with Crippen molar-refractivity contribution in [3.05, 3.63) is 58.9 Å². The lowest BCUT2D eigenvalue weighted by molar-refractivity contribution is -0.125. The second-order valence-electron chi connectivity index (χ2n) is 6.16. The first-order chi connectivity index (χ1) is 13.8. The Balaban J connectivity index is 1.53. The molecular formula is C19H16ClFN4O4. The van der Waals surface area contributed by atoms with Crippen molar-refractivity contribution in [3.8, 4) is 0 Å².